The van der Waals surface area contributed by atoms with Crippen molar-refractivity contribution in [3.8, 4) is 28.6 Å². The van der Waals surface area contributed by atoms with Gasteiger partial charge in [0.1, 0.15) is 0 Å². The molecular weight excluding hydrogens is 398 g/mol. The molecule has 0 bridgehead atoms. The highest BCUT2D eigenvalue weighted by Crippen LogP contribution is 2.39. The summed E-state index contributed by atoms with van der Waals surface area (Å²) < 4.78 is 22.3. The van der Waals surface area contributed by atoms with Gasteiger partial charge in [-0.3, -0.25) is 4.79 Å². The molecule has 0 unspecified atom stereocenters. The number of nitrogens with one attached hydrogen (secondary N) is 1. The van der Waals surface area contributed by atoms with Crippen LogP contribution in [0.1, 0.15) is 42.6 Å². The van der Waals surface area contributed by atoms with Gasteiger partial charge in [0.2, 0.25) is 17.5 Å². The number of hydrogen-bond donors (Lipinski definition) is 1. The summed E-state index contributed by atoms with van der Waals surface area (Å²) in [6.07, 6.45) is 0. The Morgan fingerprint density at radius 3 is 2.29 bits per heavy atom. The first-order valence-corrected chi connectivity index (χ1v) is 10.3. The van der Waals surface area contributed by atoms with E-state index in [1.165, 1.54) is 0 Å². The largest absolute Gasteiger partial charge is 0.490 e. The van der Waals surface area contributed by atoms with Crippen LogP contribution in [0.15, 0.2) is 40.9 Å². The van der Waals surface area contributed by atoms with Gasteiger partial charge in [0, 0.05) is 11.1 Å². The summed E-state index contributed by atoms with van der Waals surface area (Å²) in [4.78, 5) is 17.1. The number of aryl methyl sites for hydroxylation is 1. The van der Waals surface area contributed by atoms with Crippen LogP contribution in [0.4, 0.5) is 0 Å². The number of hydrogen-bond acceptors (Lipinski definition) is 7. The lowest BCUT2D eigenvalue weighted by atomic mass is 10.1. The van der Waals surface area contributed by atoms with Crippen LogP contribution in [0.3, 0.4) is 0 Å². The number of carbonyl (C=O) groups is 1. The molecule has 8 nitrogen and oxygen atoms in total. The molecule has 0 fully saturated rings. The fourth-order valence-electron chi connectivity index (χ4n) is 3.01. The second-order valence-corrected chi connectivity index (χ2v) is 6.66. The molecule has 164 valence electrons. The van der Waals surface area contributed by atoms with E-state index in [2.05, 4.69) is 15.5 Å². The molecule has 0 atom stereocenters. The molecular formula is C23H27N3O5. The molecule has 0 saturated carbocycles. The predicted molar refractivity (Wildman–Crippen MR) is 116 cm³/mol. The average molecular weight is 425 g/mol. The van der Waals surface area contributed by atoms with Crippen LogP contribution in [0.25, 0.3) is 11.4 Å². The van der Waals surface area contributed by atoms with E-state index in [4.69, 9.17) is 18.7 Å². The lowest BCUT2D eigenvalue weighted by Crippen LogP contribution is -2.23. The van der Waals surface area contributed by atoms with Crippen molar-refractivity contribution in [2.45, 2.75) is 34.2 Å². The van der Waals surface area contributed by atoms with Gasteiger partial charge in [0.05, 0.1) is 26.4 Å². The fourth-order valence-corrected chi connectivity index (χ4v) is 3.01. The number of aromatic nitrogens is 2. The molecule has 8 heteroatoms. The minimum Gasteiger partial charge on any atom is -0.490 e. The van der Waals surface area contributed by atoms with Gasteiger partial charge in [-0.15, -0.1) is 0 Å². The van der Waals surface area contributed by atoms with E-state index < -0.39 is 0 Å². The van der Waals surface area contributed by atoms with Crippen LogP contribution in [-0.4, -0.2) is 35.9 Å². The van der Waals surface area contributed by atoms with Gasteiger partial charge in [0.25, 0.3) is 5.91 Å². The first-order chi connectivity index (χ1) is 15.0. The second kappa shape index (κ2) is 10.5. The van der Waals surface area contributed by atoms with E-state index in [0.717, 1.165) is 11.1 Å². The topological polar surface area (TPSA) is 95.7 Å². The third-order valence-corrected chi connectivity index (χ3v) is 4.32. The summed E-state index contributed by atoms with van der Waals surface area (Å²) in [5, 5.41) is 6.79. The molecule has 1 N–H and O–H groups in total. The maximum Gasteiger partial charge on any atom is 0.251 e. The van der Waals surface area contributed by atoms with Crippen LogP contribution in [0.2, 0.25) is 0 Å². The lowest BCUT2D eigenvalue weighted by molar-refractivity contribution is 0.0945. The summed E-state index contributed by atoms with van der Waals surface area (Å²) in [5.74, 6) is 1.87. The highest BCUT2D eigenvalue weighted by molar-refractivity contribution is 5.95. The van der Waals surface area contributed by atoms with Crippen molar-refractivity contribution in [1.29, 1.82) is 0 Å². The maximum atomic E-state index is 12.8. The van der Waals surface area contributed by atoms with Crippen LogP contribution < -0.4 is 19.5 Å². The molecule has 31 heavy (non-hydrogen) atoms. The number of benzene rings is 2. The summed E-state index contributed by atoms with van der Waals surface area (Å²) in [6, 6.07) is 11.1. The number of ether oxygens (including phenoxy) is 3. The van der Waals surface area contributed by atoms with Crippen molar-refractivity contribution in [2.24, 2.45) is 0 Å². The van der Waals surface area contributed by atoms with Gasteiger partial charge in [-0.1, -0.05) is 28.9 Å². The van der Waals surface area contributed by atoms with E-state index in [1.807, 2.05) is 52.0 Å². The lowest BCUT2D eigenvalue weighted by Gasteiger charge is -2.17. The van der Waals surface area contributed by atoms with Crippen molar-refractivity contribution in [3.05, 3.63) is 53.4 Å². The Bertz CT molecular complexity index is 1000. The molecule has 3 aromatic rings. The van der Waals surface area contributed by atoms with Crippen molar-refractivity contribution in [3.63, 3.8) is 0 Å². The van der Waals surface area contributed by atoms with Crippen LogP contribution in [-0.2, 0) is 6.54 Å². The Morgan fingerprint density at radius 2 is 1.68 bits per heavy atom. The van der Waals surface area contributed by atoms with Gasteiger partial charge in [0.15, 0.2) is 11.5 Å². The fraction of sp³-hybridized carbons (Fsp3) is 0.348. The number of carbonyl (C=O) groups excluding carboxylic acids is 1. The molecule has 3 rings (SSSR count). The Morgan fingerprint density at radius 1 is 1.00 bits per heavy atom. The van der Waals surface area contributed by atoms with Crippen LogP contribution >= 0.6 is 0 Å². The van der Waals surface area contributed by atoms with Gasteiger partial charge in [-0.05, 0) is 45.9 Å². The van der Waals surface area contributed by atoms with E-state index in [9.17, 15) is 4.79 Å². The molecule has 0 aliphatic rings. The van der Waals surface area contributed by atoms with Crippen molar-refractivity contribution in [2.75, 3.05) is 19.8 Å². The van der Waals surface area contributed by atoms with E-state index in [-0.39, 0.29) is 12.5 Å². The minimum atomic E-state index is -0.319. The van der Waals surface area contributed by atoms with Crippen molar-refractivity contribution in [1.82, 2.24) is 15.5 Å². The number of rotatable bonds is 10. The molecule has 1 amide bonds. The normalized spacial score (nSPS) is 10.6. The zero-order valence-corrected chi connectivity index (χ0v) is 18.2. The van der Waals surface area contributed by atoms with Gasteiger partial charge in [-0.2, -0.15) is 4.98 Å². The molecule has 0 saturated heterocycles. The molecule has 0 spiro atoms. The quantitative estimate of drug-likeness (QED) is 0.521. The Balaban J connectivity index is 1.75. The summed E-state index contributed by atoms with van der Waals surface area (Å²) >= 11 is 0. The van der Waals surface area contributed by atoms with Gasteiger partial charge >= 0.3 is 0 Å². The zero-order valence-electron chi connectivity index (χ0n) is 18.2. The van der Waals surface area contributed by atoms with E-state index in [1.54, 1.807) is 12.1 Å². The highest BCUT2D eigenvalue weighted by Gasteiger charge is 2.19. The molecule has 1 aromatic heterocycles. The summed E-state index contributed by atoms with van der Waals surface area (Å²) in [5.41, 5.74) is 2.34. The Labute approximate surface area is 181 Å². The monoisotopic (exact) mass is 425 g/mol. The molecule has 0 aliphatic carbocycles. The Hall–Kier alpha value is -3.55. The SMILES string of the molecule is CCOc1cc(C(=O)NCc2nc(-c3cccc(C)c3)no2)cc(OCC)c1OCC. The third-order valence-electron chi connectivity index (χ3n) is 4.32. The molecule has 0 radical (unpaired) electrons. The predicted octanol–water partition coefficient (Wildman–Crippen LogP) is 4.17. The average Bonchev–Trinajstić information content (AvgIpc) is 3.23. The van der Waals surface area contributed by atoms with Crippen molar-refractivity contribution < 1.29 is 23.5 Å². The minimum absolute atomic E-state index is 0.0960. The van der Waals surface area contributed by atoms with Gasteiger partial charge < -0.3 is 24.1 Å². The number of amides is 1. The smallest absolute Gasteiger partial charge is 0.251 e. The van der Waals surface area contributed by atoms with Crippen LogP contribution in [0, 0.1) is 6.92 Å². The molecule has 0 aliphatic heterocycles. The maximum absolute atomic E-state index is 12.8. The van der Waals surface area contributed by atoms with Gasteiger partial charge in [-0.25, -0.2) is 0 Å². The summed E-state index contributed by atoms with van der Waals surface area (Å²) in [6.45, 7) is 9.01. The number of nitrogens with zero attached hydrogens (tertiary/aromatic N) is 2. The first-order valence-electron chi connectivity index (χ1n) is 10.3. The standard InChI is InChI=1S/C23H27N3O5/c1-5-28-18-12-17(13-19(29-6-2)21(18)30-7-3)23(27)24-14-20-25-22(26-31-20)16-10-8-9-15(4)11-16/h8-13H,5-7,14H2,1-4H3,(H,24,27). The molecule has 1 heterocycles. The van der Waals surface area contributed by atoms with E-state index >= 15 is 0 Å². The van der Waals surface area contributed by atoms with Crippen molar-refractivity contribution >= 4 is 5.91 Å². The third kappa shape index (κ3) is 5.53. The van der Waals surface area contributed by atoms with Crippen LogP contribution in [0.5, 0.6) is 17.2 Å². The van der Waals surface area contributed by atoms with E-state index in [0.29, 0.717) is 54.3 Å². The second-order valence-electron chi connectivity index (χ2n) is 6.66. The zero-order chi connectivity index (χ0) is 22.2. The molecule has 2 aromatic carbocycles. The summed E-state index contributed by atoms with van der Waals surface area (Å²) in [7, 11) is 0. The Kier molecular flexibility index (Phi) is 7.48. The first kappa shape index (κ1) is 22.1. The highest BCUT2D eigenvalue weighted by atomic mass is 16.5.